The van der Waals surface area contributed by atoms with E-state index < -0.39 is 0 Å². The molecule has 4 aromatic carbocycles. The first-order chi connectivity index (χ1) is 30.6. The molecule has 10 rings (SSSR count). The van der Waals surface area contributed by atoms with Gasteiger partial charge in [-0.05, 0) is 118 Å². The number of fused-ring (bicyclic) bond motifs is 2. The fourth-order valence-corrected chi connectivity index (χ4v) is 9.57. The zero-order chi connectivity index (χ0) is 43.2. The second kappa shape index (κ2) is 17.0. The van der Waals surface area contributed by atoms with Crippen LogP contribution < -0.4 is 31.6 Å². The lowest BCUT2D eigenvalue weighted by Gasteiger charge is -2.26. The molecule has 0 saturated carbocycles. The number of nitrogens with zero attached hydrogens (tertiary/aromatic N) is 6. The fourth-order valence-electron chi connectivity index (χ4n) is 9.57. The Morgan fingerprint density at radius 3 is 2.06 bits per heavy atom. The number of rotatable bonds is 14. The van der Waals surface area contributed by atoms with Crippen molar-refractivity contribution in [1.82, 2.24) is 45.8 Å². The Kier molecular flexibility index (Phi) is 10.9. The number of anilines is 2. The van der Waals surface area contributed by atoms with Gasteiger partial charge >= 0.3 is 0 Å². The molecular formula is C48H53N11O4. The Morgan fingerprint density at radius 1 is 0.794 bits per heavy atom. The van der Waals surface area contributed by atoms with Gasteiger partial charge in [-0.2, -0.15) is 9.97 Å². The maximum atomic E-state index is 6.57. The van der Waals surface area contributed by atoms with Crippen LogP contribution in [-0.2, 0) is 19.4 Å². The van der Waals surface area contributed by atoms with Crippen molar-refractivity contribution >= 4 is 11.4 Å². The van der Waals surface area contributed by atoms with Crippen molar-refractivity contribution in [3.05, 3.63) is 113 Å². The van der Waals surface area contributed by atoms with E-state index in [9.17, 15) is 0 Å². The largest absolute Gasteiger partial charge is 0.489 e. The molecule has 7 N–H and O–H groups in total. The highest BCUT2D eigenvalue weighted by atomic mass is 16.5. The molecule has 1 aliphatic heterocycles. The smallest absolute Gasteiger partial charge is 0.258 e. The van der Waals surface area contributed by atoms with Crippen molar-refractivity contribution in [1.29, 1.82) is 0 Å². The third-order valence-electron chi connectivity index (χ3n) is 12.4. The molecule has 0 amide bonds. The third kappa shape index (κ3) is 8.26. The molecule has 324 valence electrons. The number of aryl methyl sites for hydroxylation is 1. The number of aromatic nitrogens is 6. The van der Waals surface area contributed by atoms with E-state index in [1.807, 2.05) is 70.3 Å². The number of imidazole rings is 1. The van der Waals surface area contributed by atoms with Gasteiger partial charge in [0.15, 0.2) is 0 Å². The molecule has 3 aromatic heterocycles. The molecule has 1 saturated heterocycles. The second-order valence-corrected chi connectivity index (χ2v) is 17.2. The molecule has 2 unspecified atom stereocenters. The first kappa shape index (κ1) is 40.5. The first-order valence-corrected chi connectivity index (χ1v) is 21.9. The normalized spacial score (nSPS) is 18.8. The number of aromatic amines is 1. The number of H-pyrrole nitrogens is 1. The maximum absolute atomic E-state index is 6.57. The van der Waals surface area contributed by atoms with Crippen LogP contribution in [0.25, 0.3) is 45.7 Å². The van der Waals surface area contributed by atoms with Gasteiger partial charge < -0.3 is 40.3 Å². The molecule has 4 atom stereocenters. The van der Waals surface area contributed by atoms with Crippen LogP contribution in [0.2, 0.25) is 0 Å². The van der Waals surface area contributed by atoms with Gasteiger partial charge in [0.1, 0.15) is 23.6 Å². The Bertz CT molecular complexity index is 2760. The molecular weight excluding hydrogens is 795 g/mol. The Morgan fingerprint density at radius 2 is 1.43 bits per heavy atom. The number of likely N-dealkylation sites (tertiary alicyclic amines) is 1. The Labute approximate surface area is 366 Å². The number of ether oxygens (including phenoxy) is 2. The van der Waals surface area contributed by atoms with E-state index in [1.165, 1.54) is 22.3 Å². The summed E-state index contributed by atoms with van der Waals surface area (Å²) in [4.78, 5) is 19.9. The van der Waals surface area contributed by atoms with Crippen LogP contribution in [0.3, 0.4) is 0 Å². The minimum atomic E-state index is -0.260. The molecule has 4 heterocycles. The summed E-state index contributed by atoms with van der Waals surface area (Å²) >= 11 is 0. The molecule has 63 heavy (non-hydrogen) atoms. The summed E-state index contributed by atoms with van der Waals surface area (Å²) in [6, 6.07) is 24.7. The van der Waals surface area contributed by atoms with E-state index in [2.05, 4.69) is 72.2 Å². The molecule has 2 aliphatic carbocycles. The summed E-state index contributed by atoms with van der Waals surface area (Å²) in [5.74, 6) is 4.15. The minimum absolute atomic E-state index is 0.0249. The first-order valence-electron chi connectivity index (χ1n) is 21.9. The van der Waals surface area contributed by atoms with Gasteiger partial charge in [0.2, 0.25) is 11.6 Å². The topological polar surface area (TPSA) is 204 Å². The van der Waals surface area contributed by atoms with Crippen LogP contribution in [0.15, 0.2) is 88.0 Å². The third-order valence-corrected chi connectivity index (χ3v) is 12.4. The van der Waals surface area contributed by atoms with Gasteiger partial charge in [-0.15, -0.1) is 0 Å². The van der Waals surface area contributed by atoms with Crippen molar-refractivity contribution in [2.75, 3.05) is 24.6 Å². The number of hydrogen-bond acceptors (Lipinski definition) is 14. The highest BCUT2D eigenvalue weighted by Gasteiger charge is 2.35. The average molecular weight is 848 g/mol. The van der Waals surface area contributed by atoms with Gasteiger partial charge in [0.05, 0.1) is 24.0 Å². The summed E-state index contributed by atoms with van der Waals surface area (Å²) in [7, 11) is 0. The summed E-state index contributed by atoms with van der Waals surface area (Å²) in [5, 5.41) is 16.1. The number of nitrogens with two attached hydrogens (primary N) is 2. The van der Waals surface area contributed by atoms with Gasteiger partial charge in [-0.3, -0.25) is 10.2 Å². The lowest BCUT2D eigenvalue weighted by atomic mass is 10.0. The van der Waals surface area contributed by atoms with Crippen LogP contribution in [0.4, 0.5) is 11.4 Å². The fraction of sp³-hybridized carbons (Fsp3) is 0.354. The molecule has 3 aliphatic rings. The predicted molar refractivity (Wildman–Crippen MR) is 240 cm³/mol. The molecule has 7 aromatic rings. The number of nitrogens with one attached hydrogen (secondary N) is 3. The van der Waals surface area contributed by atoms with Gasteiger partial charge in [-0.25, -0.2) is 4.98 Å². The maximum Gasteiger partial charge on any atom is 0.258 e. The molecule has 0 spiro atoms. The summed E-state index contributed by atoms with van der Waals surface area (Å²) in [5.41, 5.74) is 23.5. The lowest BCUT2D eigenvalue weighted by Crippen LogP contribution is -2.41. The van der Waals surface area contributed by atoms with Crippen LogP contribution in [0, 0.1) is 6.92 Å². The molecule has 15 nitrogen and oxygen atoms in total. The van der Waals surface area contributed by atoms with E-state index in [4.69, 9.17) is 40.0 Å². The Hall–Kier alpha value is -6.55. The molecule has 0 radical (unpaired) electrons. The highest BCUT2D eigenvalue weighted by molar-refractivity contribution is 5.70. The van der Waals surface area contributed by atoms with E-state index in [1.54, 1.807) is 0 Å². The van der Waals surface area contributed by atoms with Crippen molar-refractivity contribution in [3.8, 4) is 57.2 Å². The SMILES string of the molecule is Cc1cnc(CN[C@H]2CCc3c(-c4noc(-c5ccc(OC(C)N[C@H]6CCN(C7CCc8c(-c9noc(-c%10ccc(OC(C)C)c(N)c%10)n9)cccc87)C6)c(N)c5)n4)cccc32)[nH]1. The quantitative estimate of drug-likeness (QED) is 0.0521. The zero-order valence-corrected chi connectivity index (χ0v) is 36.0. The predicted octanol–water partition coefficient (Wildman–Crippen LogP) is 7.96. The summed E-state index contributed by atoms with van der Waals surface area (Å²) in [6.07, 6.45) is 6.53. The van der Waals surface area contributed by atoms with Crippen molar-refractivity contribution in [2.45, 2.75) is 96.8 Å². The van der Waals surface area contributed by atoms with E-state index in [0.717, 1.165) is 79.0 Å². The van der Waals surface area contributed by atoms with Gasteiger partial charge in [-0.1, -0.05) is 46.7 Å². The van der Waals surface area contributed by atoms with Crippen molar-refractivity contribution < 1.29 is 18.5 Å². The van der Waals surface area contributed by atoms with Crippen molar-refractivity contribution in [3.63, 3.8) is 0 Å². The van der Waals surface area contributed by atoms with Crippen molar-refractivity contribution in [2.24, 2.45) is 0 Å². The van der Waals surface area contributed by atoms with Gasteiger partial charge in [0, 0.05) is 65.4 Å². The van der Waals surface area contributed by atoms with E-state index in [-0.39, 0.29) is 24.4 Å². The van der Waals surface area contributed by atoms with E-state index >= 15 is 0 Å². The van der Waals surface area contributed by atoms with Crippen LogP contribution >= 0.6 is 0 Å². The van der Waals surface area contributed by atoms with E-state index in [0.29, 0.717) is 58.9 Å². The standard InChI is InChI=1S/C48H53N11O4/c1-26(2)60-42-17-11-29(21-38(42)49)47-56-46(58-63-47)37-10-6-8-35-33(37)14-16-41(35)59-20-19-31(25-59)54-28(4)61-43-18-12-30(22-39(43)50)48-55-45(57-62-48)36-9-5-7-34-32(36)13-15-40(34)51-24-44-52-23-27(3)53-44/h5-12,17-18,21-23,26,28,31,40-41,51,54H,13-16,19-20,24-25,49-50H2,1-4H3,(H,52,53)/t28?,31-,40-,41?/m0/s1. The minimum Gasteiger partial charge on any atom is -0.489 e. The molecule has 1 fully saturated rings. The number of benzene rings is 4. The summed E-state index contributed by atoms with van der Waals surface area (Å²) < 4.78 is 23.7. The number of hydrogen-bond donors (Lipinski definition) is 5. The zero-order valence-electron chi connectivity index (χ0n) is 36.0. The number of nitrogen functional groups attached to an aromatic ring is 2. The van der Waals surface area contributed by atoms with Gasteiger partial charge in [0.25, 0.3) is 11.8 Å². The lowest BCUT2D eigenvalue weighted by molar-refractivity contribution is 0.162. The van der Waals surface area contributed by atoms with Crippen LogP contribution in [0.5, 0.6) is 11.5 Å². The monoisotopic (exact) mass is 847 g/mol. The molecule has 15 heteroatoms. The Balaban J connectivity index is 0.747. The highest BCUT2D eigenvalue weighted by Crippen LogP contribution is 2.42. The average Bonchev–Trinajstić information content (AvgIpc) is 4.14. The van der Waals surface area contributed by atoms with Crippen LogP contribution in [0.1, 0.15) is 85.9 Å². The second-order valence-electron chi connectivity index (χ2n) is 17.2. The van der Waals surface area contributed by atoms with Crippen LogP contribution in [-0.4, -0.2) is 66.6 Å². The molecule has 0 bridgehead atoms. The summed E-state index contributed by atoms with van der Waals surface area (Å²) in [6.45, 7) is 10.5.